The third-order valence-corrected chi connectivity index (χ3v) is 4.57. The van der Waals surface area contributed by atoms with E-state index in [0.29, 0.717) is 12.5 Å². The maximum Gasteiger partial charge on any atom is 0.321 e. The molecule has 1 aromatic rings. The van der Waals surface area contributed by atoms with E-state index in [0.717, 1.165) is 6.42 Å². The van der Waals surface area contributed by atoms with Crippen molar-refractivity contribution in [1.82, 2.24) is 10.0 Å². The Kier molecular flexibility index (Phi) is 8.04. The number of nitrogens with one attached hydrogen (secondary N) is 2. The molecule has 0 radical (unpaired) electrons. The maximum atomic E-state index is 12.1. The molecule has 0 spiro atoms. The van der Waals surface area contributed by atoms with Gasteiger partial charge in [0, 0.05) is 6.54 Å². The summed E-state index contributed by atoms with van der Waals surface area (Å²) in [4.78, 5) is 22.8. The van der Waals surface area contributed by atoms with Gasteiger partial charge in [0.15, 0.2) is 6.61 Å². The molecule has 0 fully saturated rings. The fourth-order valence-corrected chi connectivity index (χ4v) is 2.90. The van der Waals surface area contributed by atoms with Crippen LogP contribution in [0.1, 0.15) is 25.8 Å². The second kappa shape index (κ2) is 9.76. The Morgan fingerprint density at radius 1 is 1.28 bits per heavy atom. The molecule has 9 heteroatoms. The minimum atomic E-state index is -4.03. The van der Waals surface area contributed by atoms with Crippen molar-refractivity contribution in [3.05, 3.63) is 29.8 Å². The van der Waals surface area contributed by atoms with Gasteiger partial charge in [-0.05, 0) is 24.5 Å². The van der Waals surface area contributed by atoms with E-state index in [1.165, 1.54) is 24.3 Å². The van der Waals surface area contributed by atoms with Gasteiger partial charge in [-0.2, -0.15) is 9.98 Å². The van der Waals surface area contributed by atoms with E-state index in [-0.39, 0.29) is 10.5 Å². The van der Waals surface area contributed by atoms with Crippen molar-refractivity contribution in [2.75, 3.05) is 19.7 Å². The van der Waals surface area contributed by atoms with Crippen molar-refractivity contribution >= 4 is 21.9 Å². The lowest BCUT2D eigenvalue weighted by Gasteiger charge is -2.09. The van der Waals surface area contributed by atoms with Crippen molar-refractivity contribution in [1.29, 1.82) is 5.26 Å². The molecule has 0 atom stereocenters. The lowest BCUT2D eigenvalue weighted by molar-refractivity contribution is -0.147. The number of hydrogen-bond acceptors (Lipinski definition) is 6. The Balaban J connectivity index is 2.46. The molecule has 0 heterocycles. The van der Waals surface area contributed by atoms with E-state index in [2.05, 4.69) is 5.32 Å². The zero-order chi connectivity index (χ0) is 18.9. The van der Waals surface area contributed by atoms with E-state index in [9.17, 15) is 18.0 Å². The Labute approximate surface area is 147 Å². The van der Waals surface area contributed by atoms with Crippen molar-refractivity contribution in [3.63, 3.8) is 0 Å². The number of carbonyl (C=O) groups excluding carboxylic acids is 2. The highest BCUT2D eigenvalue weighted by molar-refractivity contribution is 7.89. The summed E-state index contributed by atoms with van der Waals surface area (Å²) in [6.45, 7) is 3.39. The van der Waals surface area contributed by atoms with Crippen LogP contribution in [-0.2, 0) is 24.3 Å². The summed E-state index contributed by atoms with van der Waals surface area (Å²) in [7, 11) is -4.03. The van der Waals surface area contributed by atoms with Crippen molar-refractivity contribution in [2.45, 2.75) is 25.2 Å². The van der Waals surface area contributed by atoms with Gasteiger partial charge in [-0.15, -0.1) is 0 Å². The third-order valence-electron chi connectivity index (χ3n) is 3.11. The van der Waals surface area contributed by atoms with Gasteiger partial charge >= 0.3 is 5.97 Å². The van der Waals surface area contributed by atoms with Gasteiger partial charge < -0.3 is 10.1 Å². The molecule has 0 saturated heterocycles. The van der Waals surface area contributed by atoms with E-state index in [1.54, 1.807) is 6.07 Å². The van der Waals surface area contributed by atoms with Crippen LogP contribution >= 0.6 is 0 Å². The standard InChI is InChI=1S/C16H21N3O5S/c1-12(2)7-8-18-15(20)11-24-16(21)10-19-25(22,23)14-6-4-3-5-13(14)9-17/h3-6,12,19H,7-8,10-11H2,1-2H3,(H,18,20). The predicted octanol–water partition coefficient (Wildman–Crippen LogP) is 0.542. The van der Waals surface area contributed by atoms with Crippen LogP contribution in [0.5, 0.6) is 0 Å². The lowest BCUT2D eigenvalue weighted by Crippen LogP contribution is -2.34. The molecule has 0 aliphatic heterocycles. The number of benzene rings is 1. The molecule has 1 amide bonds. The van der Waals surface area contributed by atoms with E-state index >= 15 is 0 Å². The quantitative estimate of drug-likeness (QED) is 0.614. The summed E-state index contributed by atoms with van der Waals surface area (Å²) in [5.41, 5.74) is -0.0344. The first-order valence-electron chi connectivity index (χ1n) is 7.67. The Bertz CT molecular complexity index is 753. The molecule has 0 unspecified atom stereocenters. The summed E-state index contributed by atoms with van der Waals surface area (Å²) in [6.07, 6.45) is 0.803. The first-order valence-corrected chi connectivity index (χ1v) is 9.15. The molecule has 1 rings (SSSR count). The van der Waals surface area contributed by atoms with Gasteiger partial charge in [0.2, 0.25) is 10.0 Å². The number of carbonyl (C=O) groups is 2. The summed E-state index contributed by atoms with van der Waals surface area (Å²) in [5.74, 6) is -0.905. The van der Waals surface area contributed by atoms with E-state index < -0.39 is 35.1 Å². The number of rotatable bonds is 9. The number of hydrogen-bond donors (Lipinski definition) is 2. The van der Waals surface area contributed by atoms with Crippen LogP contribution in [0.25, 0.3) is 0 Å². The van der Waals surface area contributed by atoms with Gasteiger partial charge in [-0.1, -0.05) is 26.0 Å². The fraction of sp³-hybridized carbons (Fsp3) is 0.438. The molecule has 25 heavy (non-hydrogen) atoms. The zero-order valence-electron chi connectivity index (χ0n) is 14.1. The normalized spacial score (nSPS) is 11.0. The number of ether oxygens (including phenoxy) is 1. The van der Waals surface area contributed by atoms with Crippen LogP contribution in [0, 0.1) is 17.2 Å². The molecule has 0 bridgehead atoms. The van der Waals surface area contributed by atoms with Crippen molar-refractivity contribution in [2.24, 2.45) is 5.92 Å². The first kappa shape index (κ1) is 20.6. The topological polar surface area (TPSA) is 125 Å². The highest BCUT2D eigenvalue weighted by Crippen LogP contribution is 2.13. The molecular weight excluding hydrogens is 346 g/mol. The first-order chi connectivity index (χ1) is 11.8. The van der Waals surface area contributed by atoms with Crippen LogP contribution in [0.15, 0.2) is 29.2 Å². The third kappa shape index (κ3) is 7.32. The summed E-state index contributed by atoms with van der Waals surface area (Å²) < 4.78 is 31.0. The average molecular weight is 367 g/mol. The highest BCUT2D eigenvalue weighted by Gasteiger charge is 2.19. The lowest BCUT2D eigenvalue weighted by atomic mass is 10.1. The van der Waals surface area contributed by atoms with Crippen LogP contribution in [-0.4, -0.2) is 40.0 Å². The molecule has 2 N–H and O–H groups in total. The zero-order valence-corrected chi connectivity index (χ0v) is 14.9. The second-order valence-corrected chi connectivity index (χ2v) is 7.36. The monoisotopic (exact) mass is 367 g/mol. The van der Waals surface area contributed by atoms with Crippen molar-refractivity contribution < 1.29 is 22.7 Å². The Hall–Kier alpha value is -2.44. The van der Waals surface area contributed by atoms with Crippen molar-refractivity contribution in [3.8, 4) is 6.07 Å². The molecule has 0 aliphatic carbocycles. The van der Waals surface area contributed by atoms with Crippen LogP contribution < -0.4 is 10.0 Å². The molecule has 8 nitrogen and oxygen atoms in total. The molecule has 1 aromatic carbocycles. The smallest absolute Gasteiger partial charge is 0.321 e. The van der Waals surface area contributed by atoms with Gasteiger partial charge in [-0.25, -0.2) is 8.42 Å². The molecule has 136 valence electrons. The van der Waals surface area contributed by atoms with E-state index in [1.807, 2.05) is 18.6 Å². The maximum absolute atomic E-state index is 12.1. The van der Waals surface area contributed by atoms with Crippen LogP contribution in [0.3, 0.4) is 0 Å². The number of esters is 1. The Morgan fingerprint density at radius 2 is 1.96 bits per heavy atom. The fourth-order valence-electron chi connectivity index (χ4n) is 1.77. The van der Waals surface area contributed by atoms with Gasteiger partial charge in [0.05, 0.1) is 10.5 Å². The minimum absolute atomic E-state index is 0.0344. The summed E-state index contributed by atoms with van der Waals surface area (Å²) >= 11 is 0. The average Bonchev–Trinajstić information content (AvgIpc) is 2.57. The number of sulfonamides is 1. The van der Waals surface area contributed by atoms with E-state index in [4.69, 9.17) is 10.00 Å². The second-order valence-electron chi connectivity index (χ2n) is 5.63. The summed E-state index contributed by atoms with van der Waals surface area (Å²) in [6, 6.07) is 7.38. The Morgan fingerprint density at radius 3 is 2.60 bits per heavy atom. The highest BCUT2D eigenvalue weighted by atomic mass is 32.2. The summed E-state index contributed by atoms with van der Waals surface area (Å²) in [5, 5.41) is 11.5. The molecule has 0 aromatic heterocycles. The molecule has 0 aliphatic rings. The largest absolute Gasteiger partial charge is 0.455 e. The SMILES string of the molecule is CC(C)CCNC(=O)COC(=O)CNS(=O)(=O)c1ccccc1C#N. The number of nitrogens with zero attached hydrogens (tertiary/aromatic N) is 1. The van der Waals surface area contributed by atoms with Gasteiger partial charge in [-0.3, -0.25) is 9.59 Å². The van der Waals surface area contributed by atoms with Crippen LogP contribution in [0.2, 0.25) is 0 Å². The number of nitriles is 1. The van der Waals surface area contributed by atoms with Gasteiger partial charge in [0.1, 0.15) is 12.6 Å². The molecular formula is C16H21N3O5S. The minimum Gasteiger partial charge on any atom is -0.455 e. The predicted molar refractivity (Wildman–Crippen MR) is 89.8 cm³/mol. The number of amides is 1. The van der Waals surface area contributed by atoms with Crippen LogP contribution in [0.4, 0.5) is 0 Å². The molecule has 0 saturated carbocycles. The van der Waals surface area contributed by atoms with Gasteiger partial charge in [0.25, 0.3) is 5.91 Å².